The summed E-state index contributed by atoms with van der Waals surface area (Å²) in [5.41, 5.74) is 1.13. The molecular formula is C21H36N4OS. The van der Waals surface area contributed by atoms with Gasteiger partial charge in [0, 0.05) is 41.9 Å². The smallest absolute Gasteiger partial charge is 0.191 e. The molecule has 2 N–H and O–H groups in total. The van der Waals surface area contributed by atoms with Gasteiger partial charge in [-0.2, -0.15) is 0 Å². The zero-order chi connectivity index (χ0) is 19.3. The molecule has 0 bridgehead atoms. The number of nitrogens with zero attached hydrogens (tertiary/aromatic N) is 2. The number of guanidine groups is 1. The first-order valence-corrected chi connectivity index (χ1v) is 11.8. The van der Waals surface area contributed by atoms with Crippen LogP contribution < -0.4 is 10.6 Å². The number of hydrogen-bond acceptors (Lipinski definition) is 3. The summed E-state index contributed by atoms with van der Waals surface area (Å²) < 4.78 is 12.2. The summed E-state index contributed by atoms with van der Waals surface area (Å²) in [5, 5.41) is 6.59. The summed E-state index contributed by atoms with van der Waals surface area (Å²) >= 11 is 0. The minimum Gasteiger partial charge on any atom is -0.357 e. The van der Waals surface area contributed by atoms with E-state index < -0.39 is 10.8 Å². The van der Waals surface area contributed by atoms with Gasteiger partial charge in [-0.3, -0.25) is 9.20 Å². The van der Waals surface area contributed by atoms with Gasteiger partial charge < -0.3 is 15.5 Å². The van der Waals surface area contributed by atoms with Crippen molar-refractivity contribution in [3.8, 4) is 0 Å². The molecule has 1 aromatic carbocycles. The van der Waals surface area contributed by atoms with Gasteiger partial charge >= 0.3 is 0 Å². The largest absolute Gasteiger partial charge is 0.357 e. The Balaban J connectivity index is 1.63. The molecule has 1 aromatic rings. The van der Waals surface area contributed by atoms with Crippen LogP contribution in [0, 0.1) is 5.92 Å². The fourth-order valence-electron chi connectivity index (χ4n) is 3.23. The van der Waals surface area contributed by atoms with Gasteiger partial charge in [0.25, 0.3) is 0 Å². The minimum absolute atomic E-state index is 0.616. The lowest BCUT2D eigenvalue weighted by atomic mass is 9.99. The Morgan fingerprint density at radius 3 is 2.67 bits per heavy atom. The molecule has 1 heterocycles. The van der Waals surface area contributed by atoms with Gasteiger partial charge in [0.2, 0.25) is 0 Å². The summed E-state index contributed by atoms with van der Waals surface area (Å²) in [4.78, 5) is 7.22. The van der Waals surface area contributed by atoms with E-state index in [9.17, 15) is 4.21 Å². The molecule has 1 atom stereocenters. The molecule has 1 unspecified atom stereocenters. The number of benzene rings is 1. The molecule has 152 valence electrons. The highest BCUT2D eigenvalue weighted by Crippen LogP contribution is 2.15. The van der Waals surface area contributed by atoms with Crippen molar-refractivity contribution < 1.29 is 4.21 Å². The van der Waals surface area contributed by atoms with E-state index in [2.05, 4.69) is 34.4 Å². The number of rotatable bonds is 10. The van der Waals surface area contributed by atoms with E-state index in [0.717, 1.165) is 43.5 Å². The van der Waals surface area contributed by atoms with Crippen molar-refractivity contribution in [2.75, 3.05) is 45.0 Å². The first-order chi connectivity index (χ1) is 13.2. The Morgan fingerprint density at radius 2 is 1.96 bits per heavy atom. The van der Waals surface area contributed by atoms with Crippen LogP contribution in [0.15, 0.2) is 35.3 Å². The van der Waals surface area contributed by atoms with Crippen molar-refractivity contribution in [3.63, 3.8) is 0 Å². The van der Waals surface area contributed by atoms with Crippen LogP contribution >= 0.6 is 0 Å². The van der Waals surface area contributed by atoms with Crippen LogP contribution in [0.5, 0.6) is 0 Å². The molecule has 1 aliphatic rings. The molecule has 0 aromatic heterocycles. The zero-order valence-electron chi connectivity index (χ0n) is 17.0. The van der Waals surface area contributed by atoms with Gasteiger partial charge in [-0.25, -0.2) is 0 Å². The van der Waals surface area contributed by atoms with Crippen molar-refractivity contribution >= 4 is 16.8 Å². The van der Waals surface area contributed by atoms with Crippen LogP contribution in [0.25, 0.3) is 0 Å². The molecule has 0 radical (unpaired) electrons. The third-order valence-electron chi connectivity index (χ3n) is 4.92. The molecule has 2 rings (SSSR count). The highest BCUT2D eigenvalue weighted by atomic mass is 32.2. The maximum Gasteiger partial charge on any atom is 0.191 e. The first-order valence-electron chi connectivity index (χ1n) is 10.3. The van der Waals surface area contributed by atoms with Crippen LogP contribution in [0.1, 0.15) is 38.7 Å². The van der Waals surface area contributed by atoms with Crippen LogP contribution in [0.2, 0.25) is 0 Å². The lowest BCUT2D eigenvalue weighted by molar-refractivity contribution is 0.192. The average Bonchev–Trinajstić information content (AvgIpc) is 2.67. The Kier molecular flexibility index (Phi) is 10.5. The van der Waals surface area contributed by atoms with Gasteiger partial charge in [0.1, 0.15) is 0 Å². The second kappa shape index (κ2) is 12.9. The maximum atomic E-state index is 12.2. The van der Waals surface area contributed by atoms with Crippen molar-refractivity contribution in [3.05, 3.63) is 35.9 Å². The quantitative estimate of drug-likeness (QED) is 0.365. The number of hydrogen-bond donors (Lipinski definition) is 2. The zero-order valence-corrected chi connectivity index (χ0v) is 17.8. The first kappa shape index (κ1) is 21.9. The highest BCUT2D eigenvalue weighted by Gasteiger charge is 2.14. The Hall–Kier alpha value is -1.40. The number of piperidine rings is 1. The molecule has 0 spiro atoms. The van der Waals surface area contributed by atoms with Gasteiger partial charge in [0.15, 0.2) is 5.96 Å². The average molecular weight is 393 g/mol. The second-order valence-corrected chi connectivity index (χ2v) is 8.92. The molecule has 1 fully saturated rings. The molecule has 6 heteroatoms. The topological polar surface area (TPSA) is 56.7 Å². The highest BCUT2D eigenvalue weighted by molar-refractivity contribution is 7.84. The SMILES string of the molecule is CCNC(=NCCCN1CCC(C)CC1)NCCS(=O)Cc1ccccc1. The molecule has 0 amide bonds. The Bertz CT molecular complexity index is 571. The lowest BCUT2D eigenvalue weighted by Crippen LogP contribution is -2.39. The van der Waals surface area contributed by atoms with E-state index in [0.29, 0.717) is 18.1 Å². The van der Waals surface area contributed by atoms with Gasteiger partial charge in [-0.05, 0) is 57.3 Å². The summed E-state index contributed by atoms with van der Waals surface area (Å²) in [6.07, 6.45) is 3.74. The van der Waals surface area contributed by atoms with Crippen LogP contribution in [-0.4, -0.2) is 60.1 Å². The van der Waals surface area contributed by atoms with Gasteiger partial charge in [0.05, 0.1) is 0 Å². The molecule has 1 saturated heterocycles. The molecular weight excluding hydrogens is 356 g/mol. The number of nitrogens with one attached hydrogen (secondary N) is 2. The van der Waals surface area contributed by atoms with E-state index in [1.807, 2.05) is 30.3 Å². The van der Waals surface area contributed by atoms with Crippen molar-refractivity contribution in [2.24, 2.45) is 10.9 Å². The summed E-state index contributed by atoms with van der Waals surface area (Å²) in [5.74, 6) is 2.97. The monoisotopic (exact) mass is 392 g/mol. The molecule has 1 aliphatic heterocycles. The van der Waals surface area contributed by atoms with Crippen molar-refractivity contribution in [1.82, 2.24) is 15.5 Å². The summed E-state index contributed by atoms with van der Waals surface area (Å²) in [6, 6.07) is 10.0. The van der Waals surface area contributed by atoms with E-state index in [4.69, 9.17) is 0 Å². The van der Waals surface area contributed by atoms with E-state index in [1.165, 1.54) is 25.9 Å². The van der Waals surface area contributed by atoms with E-state index >= 15 is 0 Å². The second-order valence-electron chi connectivity index (χ2n) is 7.34. The fraction of sp³-hybridized carbons (Fsp3) is 0.667. The summed E-state index contributed by atoms with van der Waals surface area (Å²) in [7, 11) is -0.857. The van der Waals surface area contributed by atoms with Gasteiger partial charge in [-0.15, -0.1) is 0 Å². The Morgan fingerprint density at radius 1 is 1.22 bits per heavy atom. The number of likely N-dealkylation sites (tertiary alicyclic amines) is 1. The van der Waals surface area contributed by atoms with Crippen LogP contribution in [0.4, 0.5) is 0 Å². The molecule has 5 nitrogen and oxygen atoms in total. The predicted octanol–water partition coefficient (Wildman–Crippen LogP) is 2.61. The third-order valence-corrected chi connectivity index (χ3v) is 6.23. The van der Waals surface area contributed by atoms with Crippen LogP contribution in [0.3, 0.4) is 0 Å². The predicted molar refractivity (Wildman–Crippen MR) is 117 cm³/mol. The maximum absolute atomic E-state index is 12.2. The van der Waals surface area contributed by atoms with Gasteiger partial charge in [-0.1, -0.05) is 37.3 Å². The van der Waals surface area contributed by atoms with Crippen molar-refractivity contribution in [1.29, 1.82) is 0 Å². The van der Waals surface area contributed by atoms with E-state index in [-0.39, 0.29) is 0 Å². The minimum atomic E-state index is -0.857. The van der Waals surface area contributed by atoms with E-state index in [1.54, 1.807) is 0 Å². The Labute approximate surface area is 167 Å². The van der Waals surface area contributed by atoms with Crippen molar-refractivity contribution in [2.45, 2.75) is 38.9 Å². The number of aliphatic imine (C=N–C) groups is 1. The van der Waals surface area contributed by atoms with Crippen LogP contribution in [-0.2, 0) is 16.6 Å². The molecule has 27 heavy (non-hydrogen) atoms. The lowest BCUT2D eigenvalue weighted by Gasteiger charge is -2.29. The normalized spacial score (nSPS) is 17.6. The fourth-order valence-corrected chi connectivity index (χ4v) is 4.27. The molecule has 0 saturated carbocycles. The third kappa shape index (κ3) is 9.38. The standard InChI is InChI=1S/C21H36N4OS/c1-3-22-21(23-12-7-14-25-15-10-19(2)11-16-25)24-13-17-27(26)18-20-8-5-4-6-9-20/h4-6,8-9,19H,3,7,10-18H2,1-2H3,(H2,22,23,24). The summed E-state index contributed by atoms with van der Waals surface area (Å²) in [6.45, 7) is 10.4. The molecule has 0 aliphatic carbocycles.